The van der Waals surface area contributed by atoms with E-state index in [9.17, 15) is 13.2 Å². The molecule has 1 aromatic carbocycles. The number of hydrogen-bond acceptors (Lipinski definition) is 5. The molecule has 0 aromatic heterocycles. The first-order chi connectivity index (χ1) is 12.2. The highest BCUT2D eigenvalue weighted by Crippen LogP contribution is 2.15. The van der Waals surface area contributed by atoms with E-state index < -0.39 is 10.0 Å². The second-order valence-corrected chi connectivity index (χ2v) is 9.13. The molecule has 8 heteroatoms. The van der Waals surface area contributed by atoms with Crippen LogP contribution in [0.3, 0.4) is 0 Å². The van der Waals surface area contributed by atoms with Crippen LogP contribution in [0.4, 0.5) is 0 Å². The number of sulfonamides is 1. The Hall–Kier alpha value is -1.48. The van der Waals surface area contributed by atoms with Crippen molar-refractivity contribution in [2.24, 2.45) is 5.92 Å². The monoisotopic (exact) mass is 383 g/mol. The number of morpholine rings is 1. The molecule has 1 amide bonds. The van der Waals surface area contributed by atoms with Crippen molar-refractivity contribution in [2.45, 2.75) is 24.8 Å². The summed E-state index contributed by atoms with van der Waals surface area (Å²) in [5.74, 6) is 0.207. The van der Waals surface area contributed by atoms with E-state index in [4.69, 9.17) is 4.74 Å². The molecular weight excluding hydrogens is 354 g/mol. The summed E-state index contributed by atoms with van der Waals surface area (Å²) in [6, 6.07) is 6.27. The molecule has 1 aliphatic rings. The minimum Gasteiger partial charge on any atom is -0.379 e. The molecule has 1 atom stereocenters. The van der Waals surface area contributed by atoms with E-state index in [1.807, 2.05) is 0 Å². The molecule has 1 aromatic rings. The van der Waals surface area contributed by atoms with Crippen LogP contribution in [0.25, 0.3) is 0 Å². The summed E-state index contributed by atoms with van der Waals surface area (Å²) >= 11 is 0. The van der Waals surface area contributed by atoms with Gasteiger partial charge in [-0.1, -0.05) is 13.8 Å². The van der Waals surface area contributed by atoms with Crippen molar-refractivity contribution in [2.75, 3.05) is 46.9 Å². The van der Waals surface area contributed by atoms with E-state index in [2.05, 4.69) is 24.1 Å². The predicted molar refractivity (Wildman–Crippen MR) is 101 cm³/mol. The molecule has 7 nitrogen and oxygen atoms in total. The second kappa shape index (κ2) is 8.94. The van der Waals surface area contributed by atoms with E-state index in [0.717, 1.165) is 30.6 Å². The SMILES string of the molecule is CC(C)C(CNC(=O)c1ccc(S(=O)(=O)N(C)C)cc1)N1CCOCC1. The topological polar surface area (TPSA) is 79.0 Å². The molecule has 0 saturated carbocycles. The molecule has 26 heavy (non-hydrogen) atoms. The minimum atomic E-state index is -3.49. The van der Waals surface area contributed by atoms with E-state index in [1.54, 1.807) is 12.1 Å². The van der Waals surface area contributed by atoms with Crippen molar-refractivity contribution in [1.29, 1.82) is 0 Å². The smallest absolute Gasteiger partial charge is 0.251 e. The summed E-state index contributed by atoms with van der Waals surface area (Å²) in [4.78, 5) is 15.0. The fraction of sp³-hybridized carbons (Fsp3) is 0.611. The van der Waals surface area contributed by atoms with Crippen LogP contribution in [0.5, 0.6) is 0 Å². The Morgan fingerprint density at radius 2 is 1.77 bits per heavy atom. The molecular formula is C18H29N3O4S. The van der Waals surface area contributed by atoms with E-state index in [0.29, 0.717) is 18.0 Å². The van der Waals surface area contributed by atoms with E-state index in [-0.39, 0.29) is 16.8 Å². The van der Waals surface area contributed by atoms with Crippen molar-refractivity contribution in [3.8, 4) is 0 Å². The molecule has 2 rings (SSSR count). The maximum absolute atomic E-state index is 12.4. The Balaban J connectivity index is 2.00. The number of amides is 1. The van der Waals surface area contributed by atoms with Crippen molar-refractivity contribution in [3.05, 3.63) is 29.8 Å². The van der Waals surface area contributed by atoms with Gasteiger partial charge in [-0.15, -0.1) is 0 Å². The lowest BCUT2D eigenvalue weighted by atomic mass is 10.0. The fourth-order valence-corrected chi connectivity index (χ4v) is 3.89. The zero-order valence-electron chi connectivity index (χ0n) is 15.9. The van der Waals surface area contributed by atoms with Gasteiger partial charge in [-0.05, 0) is 30.2 Å². The third kappa shape index (κ3) is 5.03. The van der Waals surface area contributed by atoms with E-state index >= 15 is 0 Å². The van der Waals surface area contributed by atoms with Gasteiger partial charge >= 0.3 is 0 Å². The number of nitrogens with zero attached hydrogens (tertiary/aromatic N) is 2. The molecule has 0 aliphatic carbocycles. The Morgan fingerprint density at radius 3 is 2.27 bits per heavy atom. The van der Waals surface area contributed by atoms with Crippen molar-refractivity contribution >= 4 is 15.9 Å². The number of ether oxygens (including phenoxy) is 1. The van der Waals surface area contributed by atoms with Gasteiger partial charge in [0.05, 0.1) is 18.1 Å². The highest BCUT2D eigenvalue weighted by Gasteiger charge is 2.24. The third-order valence-corrected chi connectivity index (χ3v) is 6.48. The van der Waals surface area contributed by atoms with Crippen LogP contribution >= 0.6 is 0 Å². The number of carbonyl (C=O) groups excluding carboxylic acids is 1. The van der Waals surface area contributed by atoms with Crippen LogP contribution in [-0.2, 0) is 14.8 Å². The molecule has 0 bridgehead atoms. The number of nitrogens with one attached hydrogen (secondary N) is 1. The maximum atomic E-state index is 12.4. The summed E-state index contributed by atoms with van der Waals surface area (Å²) in [5, 5.41) is 2.98. The average molecular weight is 384 g/mol. The Kier molecular flexibility index (Phi) is 7.16. The van der Waals surface area contributed by atoms with Gasteiger partial charge in [-0.25, -0.2) is 12.7 Å². The first-order valence-electron chi connectivity index (χ1n) is 8.86. The van der Waals surface area contributed by atoms with E-state index in [1.165, 1.54) is 26.2 Å². The molecule has 1 fully saturated rings. The predicted octanol–water partition coefficient (Wildman–Crippen LogP) is 1.02. The van der Waals surface area contributed by atoms with Gasteiger partial charge in [0.25, 0.3) is 5.91 Å². The molecule has 1 heterocycles. The summed E-state index contributed by atoms with van der Waals surface area (Å²) in [7, 11) is -0.528. The van der Waals surface area contributed by atoms with Gasteiger partial charge in [0, 0.05) is 45.3 Å². The van der Waals surface area contributed by atoms with Crippen molar-refractivity contribution in [1.82, 2.24) is 14.5 Å². The fourth-order valence-electron chi connectivity index (χ4n) is 2.98. The zero-order valence-corrected chi connectivity index (χ0v) is 16.8. The van der Waals surface area contributed by atoms with Gasteiger partial charge in [-0.2, -0.15) is 0 Å². The number of rotatable bonds is 7. The molecule has 146 valence electrons. The van der Waals surface area contributed by atoms with Gasteiger partial charge in [0.1, 0.15) is 0 Å². The molecule has 1 N–H and O–H groups in total. The summed E-state index contributed by atoms with van der Waals surface area (Å²) in [6.45, 7) is 8.03. The number of carbonyl (C=O) groups is 1. The molecule has 1 unspecified atom stereocenters. The van der Waals surface area contributed by atoms with Crippen molar-refractivity contribution in [3.63, 3.8) is 0 Å². The minimum absolute atomic E-state index is 0.174. The average Bonchev–Trinajstić information content (AvgIpc) is 2.62. The molecule has 1 aliphatic heterocycles. The zero-order chi connectivity index (χ0) is 19.3. The van der Waals surface area contributed by atoms with Gasteiger partial charge in [0.15, 0.2) is 0 Å². The van der Waals surface area contributed by atoms with Gasteiger partial charge in [0.2, 0.25) is 10.0 Å². The Bertz CT molecular complexity index is 696. The normalized spacial score (nSPS) is 17.5. The van der Waals surface area contributed by atoms with Gasteiger partial charge < -0.3 is 10.1 Å². The lowest BCUT2D eigenvalue weighted by Gasteiger charge is -2.36. The number of benzene rings is 1. The number of hydrogen-bond donors (Lipinski definition) is 1. The summed E-state index contributed by atoms with van der Waals surface area (Å²) in [5.41, 5.74) is 0.451. The van der Waals surface area contributed by atoms with Crippen LogP contribution in [-0.4, -0.2) is 76.5 Å². The molecule has 1 saturated heterocycles. The van der Waals surface area contributed by atoms with Crippen LogP contribution < -0.4 is 5.32 Å². The van der Waals surface area contributed by atoms with Crippen LogP contribution in [0.1, 0.15) is 24.2 Å². The highest BCUT2D eigenvalue weighted by molar-refractivity contribution is 7.89. The first kappa shape index (κ1) is 20.8. The lowest BCUT2D eigenvalue weighted by Crippen LogP contribution is -2.51. The largest absolute Gasteiger partial charge is 0.379 e. The lowest BCUT2D eigenvalue weighted by molar-refractivity contribution is 0.00672. The second-order valence-electron chi connectivity index (χ2n) is 6.98. The summed E-state index contributed by atoms with van der Waals surface area (Å²) in [6.07, 6.45) is 0. The molecule has 0 spiro atoms. The summed E-state index contributed by atoms with van der Waals surface area (Å²) < 4.78 is 30.7. The highest BCUT2D eigenvalue weighted by atomic mass is 32.2. The quantitative estimate of drug-likeness (QED) is 0.761. The van der Waals surface area contributed by atoms with Crippen LogP contribution in [0.2, 0.25) is 0 Å². The standard InChI is InChI=1S/C18H29N3O4S/c1-14(2)17(21-9-11-25-12-10-21)13-19-18(22)15-5-7-16(8-6-15)26(23,24)20(3)4/h5-8,14,17H,9-13H2,1-4H3,(H,19,22). The van der Waals surface area contributed by atoms with Gasteiger partial charge in [-0.3, -0.25) is 9.69 Å². The van der Waals surface area contributed by atoms with Crippen molar-refractivity contribution < 1.29 is 17.9 Å². The Morgan fingerprint density at radius 1 is 1.19 bits per heavy atom. The van der Waals surface area contributed by atoms with Crippen LogP contribution in [0, 0.1) is 5.92 Å². The molecule has 0 radical (unpaired) electrons. The van der Waals surface area contributed by atoms with Crippen LogP contribution in [0.15, 0.2) is 29.2 Å². The Labute approximate surface area is 156 Å². The maximum Gasteiger partial charge on any atom is 0.251 e. The third-order valence-electron chi connectivity index (χ3n) is 4.65. The first-order valence-corrected chi connectivity index (χ1v) is 10.3.